The van der Waals surface area contributed by atoms with E-state index in [0.717, 1.165) is 35.9 Å². The molecule has 0 amide bonds. The van der Waals surface area contributed by atoms with Crippen LogP contribution in [0.1, 0.15) is 12.1 Å². The molecule has 0 saturated carbocycles. The van der Waals surface area contributed by atoms with Gasteiger partial charge in [0.25, 0.3) is 0 Å². The fourth-order valence-electron chi connectivity index (χ4n) is 1.79. The van der Waals surface area contributed by atoms with Gasteiger partial charge in [-0.25, -0.2) is 0 Å². The molecule has 0 aromatic carbocycles. The number of pyridine rings is 1. The van der Waals surface area contributed by atoms with E-state index in [0.29, 0.717) is 0 Å². The molecular weight excluding hydrogens is 198 g/mol. The Hall–Kier alpha value is -0.800. The van der Waals surface area contributed by atoms with Gasteiger partial charge in [-0.3, -0.25) is 4.98 Å². The molecule has 0 aliphatic carbocycles. The van der Waals surface area contributed by atoms with Gasteiger partial charge in [-0.2, -0.15) is 0 Å². The number of aryl methyl sites for hydroxylation is 1. The first-order valence-corrected chi connectivity index (χ1v) is 5.18. The van der Waals surface area contributed by atoms with E-state index in [-0.39, 0.29) is 6.04 Å². The van der Waals surface area contributed by atoms with Gasteiger partial charge in [0.05, 0.1) is 16.4 Å². The number of nitrogens with two attached hydrogens (primary N) is 1. The maximum atomic E-state index is 6.18. The molecule has 2 rings (SSSR count). The smallest absolute Gasteiger partial charge is 0.0851 e. The Morgan fingerprint density at radius 2 is 2.43 bits per heavy atom. The van der Waals surface area contributed by atoms with Crippen molar-refractivity contribution in [2.24, 2.45) is 5.73 Å². The maximum absolute atomic E-state index is 6.18. The second-order valence-corrected chi connectivity index (χ2v) is 4.10. The Morgan fingerprint density at radius 1 is 1.64 bits per heavy atom. The number of rotatable bonds is 1. The zero-order chi connectivity index (χ0) is 10.1. The lowest BCUT2D eigenvalue weighted by atomic mass is 10.3. The van der Waals surface area contributed by atoms with Crippen LogP contribution in [0.2, 0.25) is 5.02 Å². The first-order chi connectivity index (χ1) is 6.68. The van der Waals surface area contributed by atoms with Gasteiger partial charge in [-0.15, -0.1) is 0 Å². The van der Waals surface area contributed by atoms with E-state index in [9.17, 15) is 0 Å². The third-order valence-electron chi connectivity index (χ3n) is 2.61. The largest absolute Gasteiger partial charge is 0.369 e. The van der Waals surface area contributed by atoms with Crippen molar-refractivity contribution in [1.82, 2.24) is 4.98 Å². The number of aromatic nitrogens is 1. The van der Waals surface area contributed by atoms with E-state index >= 15 is 0 Å². The van der Waals surface area contributed by atoms with Gasteiger partial charge < -0.3 is 10.6 Å². The molecule has 14 heavy (non-hydrogen) atoms. The molecule has 0 spiro atoms. The van der Waals surface area contributed by atoms with Crippen molar-refractivity contribution >= 4 is 17.3 Å². The molecule has 0 bridgehead atoms. The molecule has 1 aromatic heterocycles. The van der Waals surface area contributed by atoms with E-state index in [2.05, 4.69) is 9.88 Å². The molecule has 1 unspecified atom stereocenters. The summed E-state index contributed by atoms with van der Waals surface area (Å²) < 4.78 is 0. The molecule has 76 valence electrons. The predicted molar refractivity (Wildman–Crippen MR) is 58.8 cm³/mol. The summed E-state index contributed by atoms with van der Waals surface area (Å²) in [6.45, 7) is 3.80. The van der Waals surface area contributed by atoms with Crippen LogP contribution in [0.25, 0.3) is 0 Å². The van der Waals surface area contributed by atoms with Gasteiger partial charge >= 0.3 is 0 Å². The standard InChI is InChI=1S/C10H14ClN3/c1-7-10(11)9(2-4-13-7)14-5-3-8(12)6-14/h2,4,8H,3,5-6,12H2,1H3. The van der Waals surface area contributed by atoms with Crippen molar-refractivity contribution in [3.8, 4) is 0 Å². The van der Waals surface area contributed by atoms with Crippen molar-refractivity contribution in [1.29, 1.82) is 0 Å². The molecule has 0 radical (unpaired) electrons. The van der Waals surface area contributed by atoms with Gasteiger partial charge in [-0.05, 0) is 19.4 Å². The Bertz CT molecular complexity index is 340. The van der Waals surface area contributed by atoms with Crippen molar-refractivity contribution in [2.45, 2.75) is 19.4 Å². The van der Waals surface area contributed by atoms with Crippen LogP contribution in [0.5, 0.6) is 0 Å². The number of hydrogen-bond acceptors (Lipinski definition) is 3. The van der Waals surface area contributed by atoms with Crippen molar-refractivity contribution < 1.29 is 0 Å². The van der Waals surface area contributed by atoms with Crippen LogP contribution < -0.4 is 10.6 Å². The third kappa shape index (κ3) is 1.70. The molecule has 1 saturated heterocycles. The van der Waals surface area contributed by atoms with Gasteiger partial charge in [0.15, 0.2) is 0 Å². The first kappa shape index (κ1) is 9.74. The summed E-state index contributed by atoms with van der Waals surface area (Å²) >= 11 is 6.18. The first-order valence-electron chi connectivity index (χ1n) is 4.80. The maximum Gasteiger partial charge on any atom is 0.0851 e. The second kappa shape index (κ2) is 3.75. The van der Waals surface area contributed by atoms with E-state index in [1.165, 1.54) is 0 Å². The van der Waals surface area contributed by atoms with Gasteiger partial charge in [0, 0.05) is 25.3 Å². The van der Waals surface area contributed by atoms with E-state index in [1.54, 1.807) is 6.20 Å². The minimum atomic E-state index is 0.277. The van der Waals surface area contributed by atoms with Gasteiger partial charge in [0.1, 0.15) is 0 Å². The fraction of sp³-hybridized carbons (Fsp3) is 0.500. The SMILES string of the molecule is Cc1nccc(N2CCC(N)C2)c1Cl. The van der Waals surface area contributed by atoms with Crippen molar-refractivity contribution in [2.75, 3.05) is 18.0 Å². The van der Waals surface area contributed by atoms with Crippen LogP contribution in [0, 0.1) is 6.92 Å². The Morgan fingerprint density at radius 3 is 3.07 bits per heavy atom. The summed E-state index contributed by atoms with van der Waals surface area (Å²) in [5.74, 6) is 0. The number of halogens is 1. The van der Waals surface area contributed by atoms with Crippen LogP contribution in [0.3, 0.4) is 0 Å². The van der Waals surface area contributed by atoms with Crippen LogP contribution >= 0.6 is 11.6 Å². The lowest BCUT2D eigenvalue weighted by molar-refractivity contribution is 0.752. The fourth-order valence-corrected chi connectivity index (χ4v) is 2.02. The summed E-state index contributed by atoms with van der Waals surface area (Å²) in [6.07, 6.45) is 2.83. The second-order valence-electron chi connectivity index (χ2n) is 3.72. The minimum absolute atomic E-state index is 0.277. The summed E-state index contributed by atoms with van der Waals surface area (Å²) in [4.78, 5) is 6.36. The third-order valence-corrected chi connectivity index (χ3v) is 3.08. The molecular formula is C10H14ClN3. The van der Waals surface area contributed by atoms with Gasteiger partial charge in [0.2, 0.25) is 0 Å². The normalized spacial score (nSPS) is 21.6. The zero-order valence-electron chi connectivity index (χ0n) is 8.20. The summed E-state index contributed by atoms with van der Waals surface area (Å²) in [5, 5.41) is 0.751. The highest BCUT2D eigenvalue weighted by atomic mass is 35.5. The van der Waals surface area contributed by atoms with Crippen LogP contribution in [-0.4, -0.2) is 24.1 Å². The lowest BCUT2D eigenvalue weighted by Crippen LogP contribution is -2.26. The summed E-state index contributed by atoms with van der Waals surface area (Å²) in [6, 6.07) is 2.23. The predicted octanol–water partition coefficient (Wildman–Crippen LogP) is 1.58. The number of hydrogen-bond donors (Lipinski definition) is 1. The molecule has 1 aliphatic heterocycles. The Kier molecular flexibility index (Phi) is 2.61. The van der Waals surface area contributed by atoms with E-state index < -0.39 is 0 Å². The van der Waals surface area contributed by atoms with E-state index in [4.69, 9.17) is 17.3 Å². The number of anilines is 1. The lowest BCUT2D eigenvalue weighted by Gasteiger charge is -2.19. The molecule has 1 aliphatic rings. The topological polar surface area (TPSA) is 42.2 Å². The van der Waals surface area contributed by atoms with Crippen molar-refractivity contribution in [3.05, 3.63) is 23.0 Å². The van der Waals surface area contributed by atoms with Crippen LogP contribution in [0.4, 0.5) is 5.69 Å². The average Bonchev–Trinajstić information content (AvgIpc) is 2.57. The van der Waals surface area contributed by atoms with Crippen LogP contribution in [-0.2, 0) is 0 Å². The average molecular weight is 212 g/mol. The van der Waals surface area contributed by atoms with Crippen molar-refractivity contribution in [3.63, 3.8) is 0 Å². The van der Waals surface area contributed by atoms with E-state index in [1.807, 2.05) is 13.0 Å². The summed E-state index contributed by atoms with van der Waals surface area (Å²) in [7, 11) is 0. The summed E-state index contributed by atoms with van der Waals surface area (Å²) in [5.41, 5.74) is 7.79. The molecule has 2 N–H and O–H groups in total. The minimum Gasteiger partial charge on any atom is -0.369 e. The quantitative estimate of drug-likeness (QED) is 0.767. The monoisotopic (exact) mass is 211 g/mol. The highest BCUT2D eigenvalue weighted by molar-refractivity contribution is 6.33. The molecule has 1 fully saturated rings. The highest BCUT2D eigenvalue weighted by Crippen LogP contribution is 2.29. The molecule has 1 atom stereocenters. The molecule has 4 heteroatoms. The molecule has 2 heterocycles. The van der Waals surface area contributed by atoms with Gasteiger partial charge in [-0.1, -0.05) is 11.6 Å². The number of nitrogens with zero attached hydrogens (tertiary/aromatic N) is 2. The zero-order valence-corrected chi connectivity index (χ0v) is 8.96. The highest BCUT2D eigenvalue weighted by Gasteiger charge is 2.21. The Labute approximate surface area is 88.9 Å². The Balaban J connectivity index is 2.28. The van der Waals surface area contributed by atoms with Crippen LogP contribution in [0.15, 0.2) is 12.3 Å². The molecule has 3 nitrogen and oxygen atoms in total. The molecule has 1 aromatic rings.